The first-order valence-corrected chi connectivity index (χ1v) is 9.44. The van der Waals surface area contributed by atoms with Crippen LogP contribution in [0, 0.1) is 6.92 Å². The molecular weight excluding hydrogens is 334 g/mol. The molecule has 1 aliphatic heterocycles. The second-order valence-corrected chi connectivity index (χ2v) is 7.44. The predicted molar refractivity (Wildman–Crippen MR) is 99.3 cm³/mol. The van der Waals surface area contributed by atoms with Gasteiger partial charge < -0.3 is 4.90 Å². The third-order valence-corrected chi connectivity index (χ3v) is 5.65. The minimum atomic E-state index is -0.0238. The molecule has 1 saturated heterocycles. The van der Waals surface area contributed by atoms with Crippen molar-refractivity contribution in [3.63, 3.8) is 0 Å². The van der Waals surface area contributed by atoms with Gasteiger partial charge in [0, 0.05) is 25.0 Å². The fourth-order valence-corrected chi connectivity index (χ4v) is 4.20. The van der Waals surface area contributed by atoms with Crippen LogP contribution in [0.25, 0.3) is 15.6 Å². The van der Waals surface area contributed by atoms with Crippen molar-refractivity contribution in [3.8, 4) is 15.6 Å². The molecule has 3 aromatic rings. The van der Waals surface area contributed by atoms with Gasteiger partial charge in [0.1, 0.15) is 10.7 Å². The quantitative estimate of drug-likeness (QED) is 0.706. The molecule has 1 fully saturated rings. The average Bonchev–Trinajstić information content (AvgIpc) is 3.35. The van der Waals surface area contributed by atoms with Crippen LogP contribution in [0.1, 0.15) is 18.4 Å². The lowest BCUT2D eigenvalue weighted by Crippen LogP contribution is -2.30. The van der Waals surface area contributed by atoms with Gasteiger partial charge in [0.2, 0.25) is 0 Å². The highest BCUT2D eigenvalue weighted by atomic mass is 32.1. The number of hydrogen-bond acceptors (Lipinski definition) is 5. The Bertz CT molecular complexity index is 906. The zero-order valence-corrected chi connectivity index (χ0v) is 15.1. The molecule has 0 spiro atoms. The monoisotopic (exact) mass is 355 g/mol. The maximum atomic E-state index is 12.3. The van der Waals surface area contributed by atoms with E-state index in [9.17, 15) is 4.79 Å². The second-order valence-electron chi connectivity index (χ2n) is 6.37. The Balaban J connectivity index is 1.60. The molecule has 7 heteroatoms. The van der Waals surface area contributed by atoms with Gasteiger partial charge in [0.25, 0.3) is 5.56 Å². The molecule has 0 N–H and O–H groups in total. The Morgan fingerprint density at radius 2 is 2.04 bits per heavy atom. The van der Waals surface area contributed by atoms with E-state index in [1.165, 1.54) is 12.8 Å². The third-order valence-electron chi connectivity index (χ3n) is 4.57. The van der Waals surface area contributed by atoms with Gasteiger partial charge >= 0.3 is 0 Å². The summed E-state index contributed by atoms with van der Waals surface area (Å²) in [6.07, 6.45) is 6.20. The van der Waals surface area contributed by atoms with Crippen molar-refractivity contribution in [2.24, 2.45) is 0 Å². The molecule has 0 aliphatic carbocycles. The third kappa shape index (κ3) is 3.43. The minimum Gasteiger partial charge on any atom is -0.301 e. The number of aromatic nitrogens is 4. The summed E-state index contributed by atoms with van der Waals surface area (Å²) in [5.74, 6) is 0. The van der Waals surface area contributed by atoms with E-state index in [4.69, 9.17) is 0 Å². The van der Waals surface area contributed by atoms with Crippen LogP contribution in [0.2, 0.25) is 0 Å². The van der Waals surface area contributed by atoms with Crippen LogP contribution in [0.3, 0.4) is 0 Å². The average molecular weight is 355 g/mol. The van der Waals surface area contributed by atoms with Gasteiger partial charge in [0.05, 0.1) is 11.4 Å². The Kier molecular flexibility index (Phi) is 4.50. The highest BCUT2D eigenvalue weighted by molar-refractivity contribution is 7.17. The summed E-state index contributed by atoms with van der Waals surface area (Å²) in [7, 11) is 0. The van der Waals surface area contributed by atoms with Gasteiger partial charge in [-0.3, -0.25) is 4.79 Å². The smallest absolute Gasteiger partial charge is 0.267 e. The molecule has 6 nitrogen and oxygen atoms in total. The first-order chi connectivity index (χ1) is 12.2. The van der Waals surface area contributed by atoms with Crippen molar-refractivity contribution in [1.82, 2.24) is 24.5 Å². The highest BCUT2D eigenvalue weighted by Crippen LogP contribution is 2.30. The Labute approximate surface area is 150 Å². The van der Waals surface area contributed by atoms with Crippen LogP contribution in [0.15, 0.2) is 41.5 Å². The molecule has 25 heavy (non-hydrogen) atoms. The summed E-state index contributed by atoms with van der Waals surface area (Å²) >= 11 is 1.63. The van der Waals surface area contributed by atoms with E-state index >= 15 is 0 Å². The summed E-state index contributed by atoms with van der Waals surface area (Å²) in [6.45, 7) is 5.74. The van der Waals surface area contributed by atoms with E-state index in [-0.39, 0.29) is 5.56 Å². The van der Waals surface area contributed by atoms with Gasteiger partial charge in [-0.2, -0.15) is 10.2 Å². The van der Waals surface area contributed by atoms with E-state index in [0.29, 0.717) is 6.54 Å². The molecule has 0 bridgehead atoms. The predicted octanol–water partition coefficient (Wildman–Crippen LogP) is 2.56. The lowest BCUT2D eigenvalue weighted by Gasteiger charge is -2.15. The Morgan fingerprint density at radius 3 is 2.80 bits per heavy atom. The molecule has 1 aliphatic rings. The molecule has 0 radical (unpaired) electrons. The van der Waals surface area contributed by atoms with Gasteiger partial charge in [-0.1, -0.05) is 0 Å². The van der Waals surface area contributed by atoms with Crippen LogP contribution >= 0.6 is 11.3 Å². The maximum absolute atomic E-state index is 12.3. The zero-order chi connectivity index (χ0) is 17.2. The van der Waals surface area contributed by atoms with Gasteiger partial charge in [-0.25, -0.2) is 9.36 Å². The van der Waals surface area contributed by atoms with E-state index in [1.807, 2.05) is 36.0 Å². The molecule has 0 saturated carbocycles. The summed E-state index contributed by atoms with van der Waals surface area (Å²) in [5.41, 5.74) is 1.77. The van der Waals surface area contributed by atoms with Crippen molar-refractivity contribution in [2.75, 3.05) is 19.6 Å². The van der Waals surface area contributed by atoms with Crippen LogP contribution in [-0.4, -0.2) is 44.1 Å². The molecule has 0 atom stereocenters. The lowest BCUT2D eigenvalue weighted by molar-refractivity contribution is 0.312. The molecule has 0 unspecified atom stereocenters. The number of likely N-dealkylation sites (tertiary alicyclic amines) is 1. The van der Waals surface area contributed by atoms with Crippen molar-refractivity contribution >= 4 is 11.3 Å². The van der Waals surface area contributed by atoms with Gasteiger partial charge in [-0.15, -0.1) is 11.3 Å². The number of rotatable bonds is 5. The van der Waals surface area contributed by atoms with E-state index in [1.54, 1.807) is 28.3 Å². The molecule has 3 aromatic heterocycles. The van der Waals surface area contributed by atoms with Gasteiger partial charge in [-0.05, 0) is 56.6 Å². The summed E-state index contributed by atoms with van der Waals surface area (Å²) in [6, 6.07) is 7.68. The molecular formula is C18H21N5OS. The van der Waals surface area contributed by atoms with Crippen LogP contribution in [0.5, 0.6) is 0 Å². The van der Waals surface area contributed by atoms with Gasteiger partial charge in [0.15, 0.2) is 0 Å². The molecule has 0 aromatic carbocycles. The fourth-order valence-electron chi connectivity index (χ4n) is 3.20. The summed E-state index contributed by atoms with van der Waals surface area (Å²) in [5, 5.41) is 9.96. The number of hydrogen-bond donors (Lipinski definition) is 0. The zero-order valence-electron chi connectivity index (χ0n) is 14.3. The van der Waals surface area contributed by atoms with Crippen LogP contribution < -0.4 is 5.56 Å². The normalized spacial score (nSPS) is 15.1. The number of thiophene rings is 1. The minimum absolute atomic E-state index is 0.0238. The van der Waals surface area contributed by atoms with Crippen LogP contribution in [-0.2, 0) is 6.54 Å². The lowest BCUT2D eigenvalue weighted by atomic mass is 10.2. The summed E-state index contributed by atoms with van der Waals surface area (Å²) in [4.78, 5) is 15.7. The van der Waals surface area contributed by atoms with E-state index < -0.39 is 0 Å². The topological polar surface area (TPSA) is 56.0 Å². The molecule has 4 rings (SSSR count). The Hall–Kier alpha value is -2.25. The van der Waals surface area contributed by atoms with Crippen molar-refractivity contribution < 1.29 is 0 Å². The fraction of sp³-hybridized carbons (Fsp3) is 0.389. The first-order valence-electron chi connectivity index (χ1n) is 8.62. The van der Waals surface area contributed by atoms with E-state index in [2.05, 4.69) is 15.1 Å². The van der Waals surface area contributed by atoms with Crippen molar-refractivity contribution in [1.29, 1.82) is 0 Å². The van der Waals surface area contributed by atoms with E-state index in [0.717, 1.165) is 40.8 Å². The Morgan fingerprint density at radius 1 is 1.20 bits per heavy atom. The van der Waals surface area contributed by atoms with Crippen molar-refractivity contribution in [2.45, 2.75) is 26.3 Å². The number of nitrogens with zero attached hydrogens (tertiary/aromatic N) is 5. The standard InChI is InChI=1S/C18H21N5OS/c1-14-13-16(24)22(12-11-21-8-2-3-9-21)20-18(14)15-5-6-17(25-15)23-10-4-7-19-23/h4-7,10,13H,2-3,8-9,11-12H2,1H3. The SMILES string of the molecule is Cc1cc(=O)n(CCN2CCCC2)nc1-c1ccc(-n2cccn2)s1. The second kappa shape index (κ2) is 6.93. The number of aryl methyl sites for hydroxylation is 1. The van der Waals surface area contributed by atoms with Crippen molar-refractivity contribution in [3.05, 3.63) is 52.6 Å². The molecule has 130 valence electrons. The maximum Gasteiger partial charge on any atom is 0.267 e. The first kappa shape index (κ1) is 16.2. The summed E-state index contributed by atoms with van der Waals surface area (Å²) < 4.78 is 3.45. The highest BCUT2D eigenvalue weighted by Gasteiger charge is 2.14. The largest absolute Gasteiger partial charge is 0.301 e. The molecule has 4 heterocycles. The molecule has 0 amide bonds. The van der Waals surface area contributed by atoms with Crippen LogP contribution in [0.4, 0.5) is 0 Å².